The Morgan fingerprint density at radius 2 is 1.68 bits per heavy atom. The van der Waals surface area contributed by atoms with Gasteiger partial charge in [-0.25, -0.2) is 9.59 Å². The third kappa shape index (κ3) is 12.0. The number of carboxylic acids is 1. The zero-order valence-corrected chi connectivity index (χ0v) is 21.2. The normalized spacial score (nSPS) is 12.1. The maximum Gasteiger partial charge on any atom is 0.389 e. The van der Waals surface area contributed by atoms with Crippen LogP contribution in [0.1, 0.15) is 43.7 Å². The highest BCUT2D eigenvalue weighted by Gasteiger charge is 2.26. The number of benzene rings is 2. The summed E-state index contributed by atoms with van der Waals surface area (Å²) < 4.78 is 48.2. The third-order valence-electron chi connectivity index (χ3n) is 5.60. The van der Waals surface area contributed by atoms with Gasteiger partial charge in [0.2, 0.25) is 0 Å². The Morgan fingerprint density at radius 1 is 1.00 bits per heavy atom. The molecule has 2 aromatic rings. The highest BCUT2D eigenvalue weighted by atomic mass is 19.4. The number of amides is 2. The predicted octanol–water partition coefficient (Wildman–Crippen LogP) is 6.06. The van der Waals surface area contributed by atoms with Gasteiger partial charge in [-0.15, -0.1) is 0 Å². The minimum Gasteiger partial charge on any atom is -0.492 e. The van der Waals surface area contributed by atoms with E-state index in [-0.39, 0.29) is 32.0 Å². The fourth-order valence-corrected chi connectivity index (χ4v) is 3.59. The number of urea groups is 1. The number of hydrogen-bond acceptors (Lipinski definition) is 4. The molecule has 1 atom stereocenters. The molecule has 0 saturated heterocycles. The minimum atomic E-state index is -4.18. The number of rotatable bonds is 15. The number of carboxylic acid groups (broad SMARTS) is 1. The van der Waals surface area contributed by atoms with Gasteiger partial charge in [0.05, 0.1) is 6.54 Å². The van der Waals surface area contributed by atoms with E-state index < -0.39 is 24.7 Å². The van der Waals surface area contributed by atoms with Crippen molar-refractivity contribution in [2.75, 3.05) is 31.6 Å². The molecule has 0 saturated carbocycles. The van der Waals surface area contributed by atoms with Crippen LogP contribution >= 0.6 is 0 Å². The summed E-state index contributed by atoms with van der Waals surface area (Å²) >= 11 is 0. The van der Waals surface area contributed by atoms with Crippen molar-refractivity contribution in [3.8, 4) is 5.75 Å². The van der Waals surface area contributed by atoms with Gasteiger partial charge in [-0.3, -0.25) is 0 Å². The average Bonchev–Trinajstić information content (AvgIpc) is 2.84. The van der Waals surface area contributed by atoms with Gasteiger partial charge in [-0.05, 0) is 56.5 Å². The fraction of sp³-hybridized carbons (Fsp3) is 0.481. The number of nitrogens with zero attached hydrogens (tertiary/aromatic N) is 1. The van der Waals surface area contributed by atoms with Crippen LogP contribution in [0.15, 0.2) is 48.5 Å². The predicted molar refractivity (Wildman–Crippen MR) is 135 cm³/mol. The second-order valence-corrected chi connectivity index (χ2v) is 8.69. The monoisotopic (exact) mass is 524 g/mol. The van der Waals surface area contributed by atoms with E-state index in [9.17, 15) is 27.9 Å². The van der Waals surface area contributed by atoms with E-state index in [1.165, 1.54) is 4.90 Å². The molecule has 0 bridgehead atoms. The first-order valence-corrected chi connectivity index (χ1v) is 12.3. The Morgan fingerprint density at radius 3 is 2.27 bits per heavy atom. The maximum atomic E-state index is 12.8. The average molecular weight is 525 g/mol. The van der Waals surface area contributed by atoms with E-state index in [0.717, 1.165) is 11.1 Å². The number of nitrogens with one attached hydrogen (secondary N) is 1. The van der Waals surface area contributed by atoms with Crippen LogP contribution in [0, 0.1) is 6.92 Å². The number of unbranched alkanes of at least 4 members (excludes halogenated alkanes) is 2. The van der Waals surface area contributed by atoms with Crippen LogP contribution < -0.4 is 10.1 Å². The maximum absolute atomic E-state index is 12.8. The zero-order valence-electron chi connectivity index (χ0n) is 21.2. The number of aryl methyl sites for hydroxylation is 1. The van der Waals surface area contributed by atoms with Crippen molar-refractivity contribution in [1.29, 1.82) is 0 Å². The summed E-state index contributed by atoms with van der Waals surface area (Å²) in [5.41, 5.74) is 2.46. The summed E-state index contributed by atoms with van der Waals surface area (Å²) in [6, 6.07) is 13.9. The number of halogens is 3. The zero-order chi connectivity index (χ0) is 27.3. The van der Waals surface area contributed by atoms with Gasteiger partial charge in [-0.2, -0.15) is 13.2 Å². The molecule has 2 aromatic carbocycles. The molecule has 1 unspecified atom stereocenters. The molecule has 0 aliphatic rings. The Kier molecular flexibility index (Phi) is 12.2. The van der Waals surface area contributed by atoms with Gasteiger partial charge < -0.3 is 24.8 Å². The summed E-state index contributed by atoms with van der Waals surface area (Å²) in [5.74, 6) is -0.472. The molecule has 10 heteroatoms. The van der Waals surface area contributed by atoms with E-state index >= 15 is 0 Å². The molecule has 0 aliphatic heterocycles. The molecule has 2 rings (SSSR count). The number of anilines is 1. The van der Waals surface area contributed by atoms with Crippen molar-refractivity contribution >= 4 is 17.7 Å². The van der Waals surface area contributed by atoms with Gasteiger partial charge >= 0.3 is 18.2 Å². The number of carbonyl (C=O) groups excluding carboxylic acids is 1. The summed E-state index contributed by atoms with van der Waals surface area (Å²) in [7, 11) is 0. The van der Waals surface area contributed by atoms with E-state index in [1.807, 2.05) is 19.1 Å². The van der Waals surface area contributed by atoms with Crippen molar-refractivity contribution in [3.05, 3.63) is 59.7 Å². The smallest absolute Gasteiger partial charge is 0.389 e. The van der Waals surface area contributed by atoms with E-state index in [2.05, 4.69) is 5.32 Å². The second-order valence-electron chi connectivity index (χ2n) is 8.69. The van der Waals surface area contributed by atoms with Crippen LogP contribution in [0.5, 0.6) is 5.75 Å². The number of aliphatic carboxylic acids is 1. The lowest BCUT2D eigenvalue weighted by Crippen LogP contribution is -2.38. The molecule has 204 valence electrons. The molecule has 0 radical (unpaired) electrons. The first-order chi connectivity index (χ1) is 17.6. The van der Waals surface area contributed by atoms with Gasteiger partial charge in [0, 0.05) is 31.7 Å². The molecule has 0 fully saturated rings. The van der Waals surface area contributed by atoms with Crippen molar-refractivity contribution in [2.24, 2.45) is 0 Å². The summed E-state index contributed by atoms with van der Waals surface area (Å²) in [6.45, 7) is 4.69. The fourth-order valence-electron chi connectivity index (χ4n) is 3.59. The van der Waals surface area contributed by atoms with Gasteiger partial charge in [0.25, 0.3) is 0 Å². The topological polar surface area (TPSA) is 88.1 Å². The summed E-state index contributed by atoms with van der Waals surface area (Å²) in [6.07, 6.45) is -4.89. The Balaban J connectivity index is 1.90. The van der Waals surface area contributed by atoms with Crippen molar-refractivity contribution < 1.29 is 37.3 Å². The quantitative estimate of drug-likeness (QED) is 0.277. The van der Waals surface area contributed by atoms with E-state index in [0.29, 0.717) is 37.4 Å². The van der Waals surface area contributed by atoms with Crippen LogP contribution in [-0.4, -0.2) is 60.6 Å². The lowest BCUT2D eigenvalue weighted by Gasteiger charge is -2.23. The highest BCUT2D eigenvalue weighted by Crippen LogP contribution is 2.23. The number of ether oxygens (including phenoxy) is 2. The SMILES string of the molecule is CCOC(Cc1ccc(OCCN(CCCCCC(F)(F)F)C(=O)Nc2ccc(C)cc2)cc1)C(=O)O. The minimum absolute atomic E-state index is 0.0196. The van der Waals surface area contributed by atoms with E-state index in [4.69, 9.17) is 9.47 Å². The van der Waals surface area contributed by atoms with Gasteiger partial charge in [-0.1, -0.05) is 36.2 Å². The van der Waals surface area contributed by atoms with E-state index in [1.54, 1.807) is 43.3 Å². The van der Waals surface area contributed by atoms with Crippen LogP contribution in [0.3, 0.4) is 0 Å². The van der Waals surface area contributed by atoms with Crippen molar-refractivity contribution in [3.63, 3.8) is 0 Å². The highest BCUT2D eigenvalue weighted by molar-refractivity contribution is 5.89. The third-order valence-corrected chi connectivity index (χ3v) is 5.60. The van der Waals surface area contributed by atoms with Crippen LogP contribution in [0.4, 0.5) is 23.7 Å². The lowest BCUT2D eigenvalue weighted by molar-refractivity contribution is -0.150. The molecule has 0 heterocycles. The molecule has 0 aromatic heterocycles. The van der Waals surface area contributed by atoms with Gasteiger partial charge in [0.15, 0.2) is 6.10 Å². The standard InChI is InChI=1S/C27H35F3N2O5/c1-3-36-24(25(33)34)19-21-9-13-23(14-10-21)37-18-17-32(16-6-4-5-15-27(28,29)30)26(35)31-22-11-7-20(2)8-12-22/h7-14,24H,3-6,15-19H2,1-2H3,(H,31,35)(H,33,34). The second kappa shape index (κ2) is 15.1. The lowest BCUT2D eigenvalue weighted by atomic mass is 10.1. The first kappa shape index (κ1) is 30.0. The Labute approximate surface area is 215 Å². The Bertz CT molecular complexity index is 966. The molecule has 2 amide bonds. The molecule has 37 heavy (non-hydrogen) atoms. The van der Waals surface area contributed by atoms with Crippen molar-refractivity contribution in [1.82, 2.24) is 4.90 Å². The van der Waals surface area contributed by atoms with Gasteiger partial charge in [0.1, 0.15) is 12.4 Å². The van der Waals surface area contributed by atoms with Crippen LogP contribution in [0.25, 0.3) is 0 Å². The number of alkyl halides is 3. The molecule has 7 nitrogen and oxygen atoms in total. The molecule has 0 aliphatic carbocycles. The molecule has 0 spiro atoms. The molecule has 2 N–H and O–H groups in total. The summed E-state index contributed by atoms with van der Waals surface area (Å²) in [4.78, 5) is 25.6. The summed E-state index contributed by atoms with van der Waals surface area (Å²) in [5, 5.41) is 12.0. The molecular weight excluding hydrogens is 489 g/mol. The number of hydrogen-bond donors (Lipinski definition) is 2. The van der Waals surface area contributed by atoms with Crippen LogP contribution in [0.2, 0.25) is 0 Å². The molecular formula is C27H35F3N2O5. The van der Waals surface area contributed by atoms with Crippen LogP contribution in [-0.2, 0) is 16.0 Å². The van der Waals surface area contributed by atoms with Crippen molar-refractivity contribution in [2.45, 2.75) is 58.2 Å². The number of carbonyl (C=O) groups is 2. The Hall–Kier alpha value is -3.27. The largest absolute Gasteiger partial charge is 0.492 e. The first-order valence-electron chi connectivity index (χ1n) is 12.3.